The molecule has 19 heavy (non-hydrogen) atoms. The maximum atomic E-state index is 12.1. The number of hydrogen-bond acceptors (Lipinski definition) is 3. The Kier molecular flexibility index (Phi) is 4.54. The van der Waals surface area contributed by atoms with Gasteiger partial charge in [0.15, 0.2) is 0 Å². The van der Waals surface area contributed by atoms with Crippen molar-refractivity contribution in [3.05, 3.63) is 33.8 Å². The zero-order chi connectivity index (χ0) is 13.9. The van der Waals surface area contributed by atoms with E-state index in [4.69, 9.17) is 0 Å². The van der Waals surface area contributed by atoms with E-state index < -0.39 is 5.54 Å². The van der Waals surface area contributed by atoms with Crippen LogP contribution in [-0.4, -0.2) is 23.0 Å². The summed E-state index contributed by atoms with van der Waals surface area (Å²) in [6.45, 7) is 1.98. The van der Waals surface area contributed by atoms with Crippen molar-refractivity contribution in [2.45, 2.75) is 25.3 Å². The van der Waals surface area contributed by atoms with Gasteiger partial charge in [0, 0.05) is 10.2 Å². The molecule has 1 aliphatic rings. The number of carbonyl (C=O) groups is 1. The number of carbonyl (C=O) groups excluding carboxylic acids is 1. The average molecular weight is 339 g/mol. The molecule has 1 heterocycles. The number of rotatable bonds is 3. The maximum absolute atomic E-state index is 12.1. The highest BCUT2D eigenvalue weighted by Gasteiger charge is 2.35. The molecule has 2 rings (SSSR count). The van der Waals surface area contributed by atoms with E-state index in [0.29, 0.717) is 12.2 Å². The van der Waals surface area contributed by atoms with Crippen LogP contribution in [0.4, 0.5) is 0 Å². The highest BCUT2D eigenvalue weighted by Crippen LogP contribution is 2.27. The van der Waals surface area contributed by atoms with Crippen molar-refractivity contribution in [2.24, 2.45) is 0 Å². The Morgan fingerprint density at radius 2 is 2.42 bits per heavy atom. The van der Waals surface area contributed by atoms with Crippen LogP contribution in [0.3, 0.4) is 0 Å². The molecular formula is C14H15BrN2OS. The van der Waals surface area contributed by atoms with Crippen LogP contribution >= 0.6 is 27.7 Å². The minimum absolute atomic E-state index is 0.0746. The molecule has 1 amide bonds. The summed E-state index contributed by atoms with van der Waals surface area (Å²) in [5.41, 5.74) is 1.42. The van der Waals surface area contributed by atoms with Gasteiger partial charge >= 0.3 is 0 Å². The van der Waals surface area contributed by atoms with Gasteiger partial charge in [0.05, 0.1) is 12.5 Å². The summed E-state index contributed by atoms with van der Waals surface area (Å²) in [7, 11) is 0. The average Bonchev–Trinajstić information content (AvgIpc) is 2.82. The summed E-state index contributed by atoms with van der Waals surface area (Å²) >= 11 is 5.12. The van der Waals surface area contributed by atoms with E-state index in [0.717, 1.165) is 27.8 Å². The first-order valence-electron chi connectivity index (χ1n) is 6.10. The van der Waals surface area contributed by atoms with Gasteiger partial charge in [0.1, 0.15) is 5.54 Å². The SMILES string of the molecule is Cc1cc(Br)ccc1CC(=O)N[C@@]1(C#N)CCSC1. The smallest absolute Gasteiger partial charge is 0.225 e. The molecule has 0 radical (unpaired) electrons. The van der Waals surface area contributed by atoms with Crippen molar-refractivity contribution in [1.82, 2.24) is 5.32 Å². The van der Waals surface area contributed by atoms with E-state index in [-0.39, 0.29) is 5.91 Å². The van der Waals surface area contributed by atoms with Gasteiger partial charge < -0.3 is 5.32 Å². The summed E-state index contributed by atoms with van der Waals surface area (Å²) in [5.74, 6) is 1.55. The number of nitriles is 1. The number of halogens is 1. The number of nitrogens with one attached hydrogen (secondary N) is 1. The van der Waals surface area contributed by atoms with Gasteiger partial charge in [0.25, 0.3) is 0 Å². The van der Waals surface area contributed by atoms with Crippen molar-refractivity contribution >= 4 is 33.6 Å². The van der Waals surface area contributed by atoms with Gasteiger partial charge in [0.2, 0.25) is 5.91 Å². The minimum atomic E-state index is -0.662. The van der Waals surface area contributed by atoms with Gasteiger partial charge in [-0.05, 0) is 42.4 Å². The Labute approximate surface area is 125 Å². The summed E-state index contributed by atoms with van der Waals surface area (Å²) in [4.78, 5) is 12.1. The molecule has 1 fully saturated rings. The lowest BCUT2D eigenvalue weighted by Gasteiger charge is -2.21. The van der Waals surface area contributed by atoms with Crippen LogP contribution < -0.4 is 5.32 Å². The fraction of sp³-hybridized carbons (Fsp3) is 0.429. The Bertz CT molecular complexity index is 533. The van der Waals surface area contributed by atoms with Gasteiger partial charge in [-0.3, -0.25) is 4.79 Å². The first-order chi connectivity index (χ1) is 9.04. The Morgan fingerprint density at radius 3 is 3.00 bits per heavy atom. The largest absolute Gasteiger partial charge is 0.337 e. The van der Waals surface area contributed by atoms with Crippen LogP contribution in [0.2, 0.25) is 0 Å². The first kappa shape index (κ1) is 14.4. The maximum Gasteiger partial charge on any atom is 0.225 e. The monoisotopic (exact) mass is 338 g/mol. The van der Waals surface area contributed by atoms with Crippen LogP contribution in [-0.2, 0) is 11.2 Å². The van der Waals surface area contributed by atoms with E-state index in [1.165, 1.54) is 0 Å². The molecule has 1 N–H and O–H groups in total. The van der Waals surface area contributed by atoms with Crippen LogP contribution in [0.25, 0.3) is 0 Å². The van der Waals surface area contributed by atoms with Crippen molar-refractivity contribution in [3.63, 3.8) is 0 Å². The highest BCUT2D eigenvalue weighted by molar-refractivity contribution is 9.10. The number of amides is 1. The third kappa shape index (κ3) is 3.52. The summed E-state index contributed by atoms with van der Waals surface area (Å²) in [5, 5.41) is 12.1. The summed E-state index contributed by atoms with van der Waals surface area (Å²) < 4.78 is 1.01. The molecule has 100 valence electrons. The van der Waals surface area contributed by atoms with E-state index >= 15 is 0 Å². The van der Waals surface area contributed by atoms with Crippen molar-refractivity contribution in [3.8, 4) is 6.07 Å². The molecule has 0 bridgehead atoms. The second kappa shape index (κ2) is 5.98. The molecule has 0 aromatic heterocycles. The van der Waals surface area contributed by atoms with Gasteiger partial charge in [-0.1, -0.05) is 22.0 Å². The Hall–Kier alpha value is -0.990. The molecule has 3 nitrogen and oxygen atoms in total. The molecule has 0 saturated carbocycles. The Morgan fingerprint density at radius 1 is 1.63 bits per heavy atom. The molecule has 0 unspecified atom stereocenters. The fourth-order valence-electron chi connectivity index (χ4n) is 2.12. The van der Waals surface area contributed by atoms with E-state index in [1.54, 1.807) is 11.8 Å². The summed E-state index contributed by atoms with van der Waals surface area (Å²) in [6.07, 6.45) is 1.06. The number of thioether (sulfide) groups is 1. The molecule has 5 heteroatoms. The van der Waals surface area contributed by atoms with Gasteiger partial charge in [-0.2, -0.15) is 17.0 Å². The molecular weight excluding hydrogens is 324 g/mol. The standard InChI is InChI=1S/C14H15BrN2OS/c1-10-6-12(15)3-2-11(10)7-13(18)17-14(8-16)4-5-19-9-14/h2-3,6H,4-5,7,9H2,1H3,(H,17,18)/t14-/m1/s1. The number of nitrogens with zero attached hydrogens (tertiary/aromatic N) is 1. The molecule has 1 atom stereocenters. The second-order valence-electron chi connectivity index (χ2n) is 4.79. The van der Waals surface area contributed by atoms with Crippen LogP contribution in [0.1, 0.15) is 17.5 Å². The van der Waals surface area contributed by atoms with E-state index in [2.05, 4.69) is 27.3 Å². The molecule has 1 aromatic rings. The lowest BCUT2D eigenvalue weighted by Crippen LogP contribution is -2.48. The highest BCUT2D eigenvalue weighted by atomic mass is 79.9. The predicted molar refractivity (Wildman–Crippen MR) is 81.0 cm³/mol. The molecule has 1 aliphatic heterocycles. The lowest BCUT2D eigenvalue weighted by molar-refractivity contribution is -0.121. The topological polar surface area (TPSA) is 52.9 Å². The summed E-state index contributed by atoms with van der Waals surface area (Å²) in [6, 6.07) is 8.13. The first-order valence-corrected chi connectivity index (χ1v) is 8.04. The third-order valence-electron chi connectivity index (χ3n) is 3.27. The second-order valence-corrected chi connectivity index (χ2v) is 6.81. The third-order valence-corrected chi connectivity index (χ3v) is 4.95. The molecule has 1 aromatic carbocycles. The number of benzene rings is 1. The number of hydrogen-bond donors (Lipinski definition) is 1. The van der Waals surface area contributed by atoms with Crippen LogP contribution in [0.15, 0.2) is 22.7 Å². The predicted octanol–water partition coefficient (Wildman–Crippen LogP) is 2.82. The molecule has 1 saturated heterocycles. The van der Waals surface area contributed by atoms with Crippen molar-refractivity contribution in [2.75, 3.05) is 11.5 Å². The minimum Gasteiger partial charge on any atom is -0.337 e. The molecule has 0 spiro atoms. The normalized spacial score (nSPS) is 21.9. The fourth-order valence-corrected chi connectivity index (χ4v) is 3.86. The zero-order valence-corrected chi connectivity index (χ0v) is 13.1. The van der Waals surface area contributed by atoms with Gasteiger partial charge in [-0.15, -0.1) is 0 Å². The van der Waals surface area contributed by atoms with Crippen LogP contribution in [0, 0.1) is 18.3 Å². The molecule has 0 aliphatic carbocycles. The van der Waals surface area contributed by atoms with E-state index in [1.807, 2.05) is 25.1 Å². The zero-order valence-electron chi connectivity index (χ0n) is 10.7. The lowest BCUT2D eigenvalue weighted by atomic mass is 9.99. The Balaban J connectivity index is 2.03. The quantitative estimate of drug-likeness (QED) is 0.921. The van der Waals surface area contributed by atoms with Crippen LogP contribution in [0.5, 0.6) is 0 Å². The van der Waals surface area contributed by atoms with Crippen molar-refractivity contribution < 1.29 is 4.79 Å². The van der Waals surface area contributed by atoms with Crippen molar-refractivity contribution in [1.29, 1.82) is 5.26 Å². The van der Waals surface area contributed by atoms with E-state index in [9.17, 15) is 10.1 Å². The van der Waals surface area contributed by atoms with Gasteiger partial charge in [-0.25, -0.2) is 0 Å². The number of aryl methyl sites for hydroxylation is 1.